The summed E-state index contributed by atoms with van der Waals surface area (Å²) in [6.45, 7) is 13.7. The van der Waals surface area contributed by atoms with Gasteiger partial charge in [0.15, 0.2) is 5.69 Å². The molecule has 1 aromatic heterocycles. The van der Waals surface area contributed by atoms with Crippen LogP contribution in [0.4, 0.5) is 0 Å². The maximum absolute atomic E-state index is 12.9. The van der Waals surface area contributed by atoms with Crippen molar-refractivity contribution in [3.05, 3.63) is 53.7 Å². The average Bonchev–Trinajstić information content (AvgIpc) is 3.47. The Bertz CT molecular complexity index is 828. The van der Waals surface area contributed by atoms with Crippen molar-refractivity contribution >= 4 is 5.91 Å². The smallest absolute Gasteiger partial charge is 0.275 e. The molecule has 1 atom stereocenters. The van der Waals surface area contributed by atoms with Gasteiger partial charge in [0.25, 0.3) is 5.91 Å². The molecule has 1 amide bonds. The third-order valence-corrected chi connectivity index (χ3v) is 6.62. The molecular formula is C24H35N5O2. The van der Waals surface area contributed by atoms with E-state index in [0.29, 0.717) is 24.2 Å². The molecule has 0 spiro atoms. The number of hydrogen-bond acceptors (Lipinski definition) is 6. The summed E-state index contributed by atoms with van der Waals surface area (Å²) in [6.07, 6.45) is 2.57. The minimum absolute atomic E-state index is 0.00247. The lowest BCUT2D eigenvalue weighted by Crippen LogP contribution is -2.45. The number of rotatable bonds is 8. The van der Waals surface area contributed by atoms with E-state index in [1.807, 2.05) is 4.90 Å². The number of likely N-dealkylation sites (tertiary alicyclic amines) is 1. The summed E-state index contributed by atoms with van der Waals surface area (Å²) in [4.78, 5) is 26.6. The summed E-state index contributed by atoms with van der Waals surface area (Å²) in [5.41, 5.74) is 1.80. The number of amides is 1. The molecule has 2 aromatic rings. The van der Waals surface area contributed by atoms with Crippen LogP contribution in [0.2, 0.25) is 0 Å². The van der Waals surface area contributed by atoms with Crippen LogP contribution < -0.4 is 0 Å². The quantitative estimate of drug-likeness (QED) is 0.648. The summed E-state index contributed by atoms with van der Waals surface area (Å²) < 4.78 is 5.66. The Kier molecular flexibility index (Phi) is 7.37. The van der Waals surface area contributed by atoms with Gasteiger partial charge in [-0.25, -0.2) is 4.98 Å². The van der Waals surface area contributed by atoms with Crippen LogP contribution in [-0.2, 0) is 13.1 Å². The van der Waals surface area contributed by atoms with Gasteiger partial charge in [-0.15, -0.1) is 0 Å². The van der Waals surface area contributed by atoms with E-state index in [9.17, 15) is 4.79 Å². The molecule has 0 saturated carbocycles. The van der Waals surface area contributed by atoms with Gasteiger partial charge >= 0.3 is 0 Å². The SMILES string of the molecule is CCN(CC)C1CCN(C(=O)c2coc(CN3CCN(Cc4ccccc4)CC3)n2)C1. The van der Waals surface area contributed by atoms with Gasteiger partial charge in [0.2, 0.25) is 5.89 Å². The number of aromatic nitrogens is 1. The first-order valence-electron chi connectivity index (χ1n) is 11.6. The predicted molar refractivity (Wildman–Crippen MR) is 121 cm³/mol. The lowest BCUT2D eigenvalue weighted by molar-refractivity contribution is 0.0772. The molecule has 31 heavy (non-hydrogen) atoms. The number of nitrogens with zero attached hydrogens (tertiary/aromatic N) is 5. The van der Waals surface area contributed by atoms with Gasteiger partial charge in [-0.1, -0.05) is 44.2 Å². The Labute approximate surface area is 185 Å². The van der Waals surface area contributed by atoms with Gasteiger partial charge in [0.1, 0.15) is 6.26 Å². The molecule has 7 nitrogen and oxygen atoms in total. The number of carbonyl (C=O) groups excluding carboxylic acids is 1. The summed E-state index contributed by atoms with van der Waals surface area (Å²) in [6, 6.07) is 11.1. The van der Waals surface area contributed by atoms with Crippen molar-refractivity contribution in [3.8, 4) is 0 Å². The zero-order valence-electron chi connectivity index (χ0n) is 18.9. The van der Waals surface area contributed by atoms with Gasteiger partial charge in [0.05, 0.1) is 6.54 Å². The fraction of sp³-hybridized carbons (Fsp3) is 0.583. The lowest BCUT2D eigenvalue weighted by Gasteiger charge is -2.34. The molecule has 2 aliphatic heterocycles. The summed E-state index contributed by atoms with van der Waals surface area (Å²) >= 11 is 0. The summed E-state index contributed by atoms with van der Waals surface area (Å²) in [5, 5.41) is 0. The average molecular weight is 426 g/mol. The van der Waals surface area contributed by atoms with Crippen LogP contribution in [0.15, 0.2) is 41.0 Å². The third-order valence-electron chi connectivity index (χ3n) is 6.62. The van der Waals surface area contributed by atoms with Crippen molar-refractivity contribution in [2.75, 3.05) is 52.4 Å². The van der Waals surface area contributed by atoms with Crippen LogP contribution in [0.25, 0.3) is 0 Å². The van der Waals surface area contributed by atoms with E-state index >= 15 is 0 Å². The Hall–Kier alpha value is -2.22. The lowest BCUT2D eigenvalue weighted by atomic mass is 10.2. The van der Waals surface area contributed by atoms with Crippen LogP contribution in [0.1, 0.15) is 42.2 Å². The summed E-state index contributed by atoms with van der Waals surface area (Å²) in [7, 11) is 0. The highest BCUT2D eigenvalue weighted by Crippen LogP contribution is 2.19. The first-order valence-corrected chi connectivity index (χ1v) is 11.6. The minimum Gasteiger partial charge on any atom is -0.447 e. The highest BCUT2D eigenvalue weighted by Gasteiger charge is 2.31. The van der Waals surface area contributed by atoms with Crippen LogP contribution >= 0.6 is 0 Å². The van der Waals surface area contributed by atoms with E-state index in [1.54, 1.807) is 0 Å². The van der Waals surface area contributed by atoms with Gasteiger partial charge in [-0.05, 0) is 25.1 Å². The first-order chi connectivity index (χ1) is 15.2. The zero-order chi connectivity index (χ0) is 21.6. The third kappa shape index (κ3) is 5.53. The Morgan fingerprint density at radius 2 is 1.71 bits per heavy atom. The second-order valence-electron chi connectivity index (χ2n) is 8.58. The predicted octanol–water partition coefficient (Wildman–Crippen LogP) is 2.55. The fourth-order valence-electron chi connectivity index (χ4n) is 4.75. The molecule has 7 heteroatoms. The molecule has 0 radical (unpaired) electrons. The zero-order valence-corrected chi connectivity index (χ0v) is 18.9. The highest BCUT2D eigenvalue weighted by molar-refractivity contribution is 5.92. The molecule has 0 aliphatic carbocycles. The van der Waals surface area contributed by atoms with Crippen LogP contribution in [0, 0.1) is 0 Å². The van der Waals surface area contributed by atoms with Crippen molar-refractivity contribution in [2.24, 2.45) is 0 Å². The van der Waals surface area contributed by atoms with Crippen molar-refractivity contribution in [2.45, 2.75) is 39.4 Å². The minimum atomic E-state index is -0.00247. The molecular weight excluding hydrogens is 390 g/mol. The monoisotopic (exact) mass is 425 g/mol. The van der Waals surface area contributed by atoms with E-state index in [2.05, 4.69) is 63.9 Å². The van der Waals surface area contributed by atoms with E-state index in [-0.39, 0.29) is 5.91 Å². The standard InChI is InChI=1S/C24H35N5O2/c1-3-28(4-2)21-10-11-29(17-21)24(30)22-19-31-23(25-22)18-27-14-12-26(13-15-27)16-20-8-6-5-7-9-20/h5-9,19,21H,3-4,10-18H2,1-2H3. The normalized spacial score (nSPS) is 20.6. The van der Waals surface area contributed by atoms with Gasteiger partial charge in [-0.3, -0.25) is 19.5 Å². The Morgan fingerprint density at radius 3 is 2.39 bits per heavy atom. The van der Waals surface area contributed by atoms with Gasteiger partial charge < -0.3 is 9.32 Å². The Morgan fingerprint density at radius 1 is 1.03 bits per heavy atom. The molecule has 4 rings (SSSR count). The van der Waals surface area contributed by atoms with Crippen molar-refractivity contribution in [3.63, 3.8) is 0 Å². The maximum atomic E-state index is 12.9. The second-order valence-corrected chi connectivity index (χ2v) is 8.58. The molecule has 2 aliphatic rings. The molecule has 2 saturated heterocycles. The second kappa shape index (κ2) is 10.4. The fourth-order valence-corrected chi connectivity index (χ4v) is 4.75. The number of hydrogen-bond donors (Lipinski definition) is 0. The molecule has 0 N–H and O–H groups in total. The van der Waals surface area contributed by atoms with Crippen LogP contribution in [-0.4, -0.2) is 88.9 Å². The number of benzene rings is 1. The van der Waals surface area contributed by atoms with E-state index < -0.39 is 0 Å². The highest BCUT2D eigenvalue weighted by atomic mass is 16.3. The van der Waals surface area contributed by atoms with E-state index in [0.717, 1.165) is 65.3 Å². The van der Waals surface area contributed by atoms with Crippen molar-refractivity contribution in [1.29, 1.82) is 0 Å². The number of carbonyl (C=O) groups is 1. The molecule has 0 bridgehead atoms. The maximum Gasteiger partial charge on any atom is 0.275 e. The topological polar surface area (TPSA) is 56.1 Å². The van der Waals surface area contributed by atoms with Gasteiger partial charge in [-0.2, -0.15) is 0 Å². The first kappa shape index (κ1) is 22.0. The Balaban J connectivity index is 1.25. The van der Waals surface area contributed by atoms with E-state index in [4.69, 9.17) is 4.42 Å². The number of likely N-dealkylation sites (N-methyl/N-ethyl adjacent to an activating group) is 1. The summed E-state index contributed by atoms with van der Waals surface area (Å²) in [5.74, 6) is 0.636. The largest absolute Gasteiger partial charge is 0.447 e. The van der Waals surface area contributed by atoms with Crippen molar-refractivity contribution in [1.82, 2.24) is 24.6 Å². The number of piperazine rings is 1. The van der Waals surface area contributed by atoms with Crippen molar-refractivity contribution < 1.29 is 9.21 Å². The van der Waals surface area contributed by atoms with Gasteiger partial charge in [0, 0.05) is 51.9 Å². The number of oxazole rings is 1. The molecule has 2 fully saturated rings. The van der Waals surface area contributed by atoms with E-state index in [1.165, 1.54) is 11.8 Å². The molecule has 1 unspecified atom stereocenters. The molecule has 3 heterocycles. The van der Waals surface area contributed by atoms with Crippen LogP contribution in [0.3, 0.4) is 0 Å². The van der Waals surface area contributed by atoms with Crippen LogP contribution in [0.5, 0.6) is 0 Å². The molecule has 1 aromatic carbocycles. The molecule has 168 valence electrons.